The van der Waals surface area contributed by atoms with Crippen molar-refractivity contribution >= 4 is 28.3 Å². The van der Waals surface area contributed by atoms with Gasteiger partial charge in [-0.2, -0.15) is 0 Å². The van der Waals surface area contributed by atoms with Gasteiger partial charge in [-0.1, -0.05) is 12.1 Å². The van der Waals surface area contributed by atoms with Crippen LogP contribution in [0.4, 0.5) is 5.69 Å². The number of hydrogen-bond acceptors (Lipinski definition) is 3. The number of aryl methyl sites for hydroxylation is 1. The summed E-state index contributed by atoms with van der Waals surface area (Å²) in [7, 11) is 0. The van der Waals surface area contributed by atoms with Crippen molar-refractivity contribution in [1.82, 2.24) is 0 Å². The summed E-state index contributed by atoms with van der Waals surface area (Å²) in [6, 6.07) is 12.1. The maximum Gasteiger partial charge on any atom is 0.171 e. The molecule has 4 heteroatoms. The van der Waals surface area contributed by atoms with E-state index in [-0.39, 0.29) is 5.75 Å². The number of hydrogen-bond donors (Lipinski definition) is 2. The van der Waals surface area contributed by atoms with Crippen LogP contribution in [0.3, 0.4) is 0 Å². The van der Waals surface area contributed by atoms with E-state index >= 15 is 0 Å². The van der Waals surface area contributed by atoms with Gasteiger partial charge in [0.25, 0.3) is 0 Å². The lowest BCUT2D eigenvalue weighted by atomic mass is 10.2. The number of rotatable bonds is 5. The standard InChI is InChI=1S/C16H18INO2/c1-3-20-15-9-12(8-14(17)16(15)19)10-18-13-6-4-5-11(2)7-13/h4-9,18-19H,3,10H2,1-2H3. The summed E-state index contributed by atoms with van der Waals surface area (Å²) in [6.45, 7) is 5.21. The van der Waals surface area contributed by atoms with Gasteiger partial charge in [0.05, 0.1) is 10.2 Å². The lowest BCUT2D eigenvalue weighted by Crippen LogP contribution is -2.01. The van der Waals surface area contributed by atoms with Crippen LogP contribution >= 0.6 is 22.6 Å². The molecule has 0 unspecified atom stereocenters. The minimum atomic E-state index is 0.215. The van der Waals surface area contributed by atoms with Crippen molar-refractivity contribution in [3.63, 3.8) is 0 Å². The van der Waals surface area contributed by atoms with Gasteiger partial charge in [-0.3, -0.25) is 0 Å². The summed E-state index contributed by atoms with van der Waals surface area (Å²) in [5.74, 6) is 0.757. The number of halogens is 1. The monoisotopic (exact) mass is 383 g/mol. The zero-order valence-corrected chi connectivity index (χ0v) is 13.8. The number of phenolic OH excluding ortho intramolecular Hbond substituents is 1. The van der Waals surface area contributed by atoms with Crippen molar-refractivity contribution in [2.45, 2.75) is 20.4 Å². The molecule has 0 spiro atoms. The van der Waals surface area contributed by atoms with Gasteiger partial charge >= 0.3 is 0 Å². The van der Waals surface area contributed by atoms with Crippen molar-refractivity contribution < 1.29 is 9.84 Å². The van der Waals surface area contributed by atoms with Crippen molar-refractivity contribution in [1.29, 1.82) is 0 Å². The minimum Gasteiger partial charge on any atom is -0.504 e. The Bertz CT molecular complexity index is 599. The van der Waals surface area contributed by atoms with Crippen LogP contribution in [-0.2, 0) is 6.54 Å². The summed E-state index contributed by atoms with van der Waals surface area (Å²) in [5, 5.41) is 13.3. The smallest absolute Gasteiger partial charge is 0.171 e. The summed E-state index contributed by atoms with van der Waals surface area (Å²) in [6.07, 6.45) is 0. The molecule has 0 radical (unpaired) electrons. The van der Waals surface area contributed by atoms with Crippen LogP contribution < -0.4 is 10.1 Å². The van der Waals surface area contributed by atoms with E-state index in [1.807, 2.05) is 31.2 Å². The molecular weight excluding hydrogens is 365 g/mol. The highest BCUT2D eigenvalue weighted by Crippen LogP contribution is 2.33. The second-order valence-corrected chi connectivity index (χ2v) is 5.74. The van der Waals surface area contributed by atoms with Gasteiger partial charge in [0.2, 0.25) is 0 Å². The fourth-order valence-electron chi connectivity index (χ4n) is 1.95. The molecule has 0 aromatic heterocycles. The number of aromatic hydroxyl groups is 1. The highest BCUT2D eigenvalue weighted by molar-refractivity contribution is 14.1. The van der Waals surface area contributed by atoms with Crippen LogP contribution in [0, 0.1) is 10.5 Å². The van der Waals surface area contributed by atoms with E-state index in [0.717, 1.165) is 14.8 Å². The highest BCUT2D eigenvalue weighted by Gasteiger charge is 2.09. The van der Waals surface area contributed by atoms with Crippen molar-refractivity contribution in [2.75, 3.05) is 11.9 Å². The third-order valence-electron chi connectivity index (χ3n) is 2.90. The molecule has 2 aromatic carbocycles. The Hall–Kier alpha value is -1.43. The zero-order chi connectivity index (χ0) is 14.5. The van der Waals surface area contributed by atoms with Gasteiger partial charge in [-0.25, -0.2) is 0 Å². The van der Waals surface area contributed by atoms with Gasteiger partial charge in [0.1, 0.15) is 0 Å². The molecule has 0 amide bonds. The summed E-state index contributed by atoms with van der Waals surface area (Å²) < 4.78 is 6.25. The third-order valence-corrected chi connectivity index (χ3v) is 3.73. The number of nitrogens with one attached hydrogen (secondary N) is 1. The van der Waals surface area contributed by atoms with Crippen LogP contribution in [0.1, 0.15) is 18.1 Å². The van der Waals surface area contributed by atoms with E-state index in [9.17, 15) is 5.11 Å². The second-order valence-electron chi connectivity index (χ2n) is 4.58. The molecule has 0 saturated carbocycles. The summed E-state index contributed by atoms with van der Waals surface area (Å²) in [4.78, 5) is 0. The highest BCUT2D eigenvalue weighted by atomic mass is 127. The summed E-state index contributed by atoms with van der Waals surface area (Å²) >= 11 is 2.12. The molecule has 20 heavy (non-hydrogen) atoms. The Kier molecular flexibility index (Phi) is 5.11. The van der Waals surface area contributed by atoms with Crippen LogP contribution in [0.15, 0.2) is 36.4 Å². The molecule has 0 heterocycles. The molecule has 3 nitrogen and oxygen atoms in total. The lowest BCUT2D eigenvalue weighted by Gasteiger charge is -2.12. The Balaban J connectivity index is 2.13. The SMILES string of the molecule is CCOc1cc(CNc2cccc(C)c2)cc(I)c1O. The minimum absolute atomic E-state index is 0.215. The molecule has 2 rings (SSSR count). The lowest BCUT2D eigenvalue weighted by molar-refractivity contribution is 0.317. The van der Waals surface area contributed by atoms with E-state index < -0.39 is 0 Å². The van der Waals surface area contributed by atoms with E-state index in [0.29, 0.717) is 18.9 Å². The average molecular weight is 383 g/mol. The first kappa shape index (κ1) is 15.0. The van der Waals surface area contributed by atoms with Crippen LogP contribution in [-0.4, -0.2) is 11.7 Å². The summed E-state index contributed by atoms with van der Waals surface area (Å²) in [5.41, 5.74) is 3.40. The molecule has 0 aliphatic heterocycles. The molecular formula is C16H18INO2. The fourth-order valence-corrected chi connectivity index (χ4v) is 2.62. The van der Waals surface area contributed by atoms with E-state index in [2.05, 4.69) is 47.0 Å². The van der Waals surface area contributed by atoms with Gasteiger partial charge in [0, 0.05) is 12.2 Å². The Labute approximate surface area is 133 Å². The van der Waals surface area contributed by atoms with Gasteiger partial charge in [-0.05, 0) is 71.8 Å². The van der Waals surface area contributed by atoms with E-state index in [4.69, 9.17) is 4.74 Å². The molecule has 0 atom stereocenters. The van der Waals surface area contributed by atoms with Crippen LogP contribution in [0.2, 0.25) is 0 Å². The maximum absolute atomic E-state index is 9.92. The average Bonchev–Trinajstić information content (AvgIpc) is 2.42. The van der Waals surface area contributed by atoms with Crippen LogP contribution in [0.25, 0.3) is 0 Å². The van der Waals surface area contributed by atoms with Gasteiger partial charge < -0.3 is 15.2 Å². The molecule has 2 aromatic rings. The topological polar surface area (TPSA) is 41.5 Å². The van der Waals surface area contributed by atoms with Crippen molar-refractivity contribution in [3.8, 4) is 11.5 Å². The van der Waals surface area contributed by atoms with Gasteiger partial charge in [-0.15, -0.1) is 0 Å². The fraction of sp³-hybridized carbons (Fsp3) is 0.250. The van der Waals surface area contributed by atoms with Gasteiger partial charge in [0.15, 0.2) is 11.5 Å². The normalized spacial score (nSPS) is 10.3. The van der Waals surface area contributed by atoms with E-state index in [1.54, 1.807) is 0 Å². The number of benzene rings is 2. The quantitative estimate of drug-likeness (QED) is 0.756. The third kappa shape index (κ3) is 3.79. The van der Waals surface area contributed by atoms with Crippen molar-refractivity contribution in [2.24, 2.45) is 0 Å². The number of ether oxygens (including phenoxy) is 1. The first-order valence-corrected chi connectivity index (χ1v) is 7.62. The predicted molar refractivity (Wildman–Crippen MR) is 90.5 cm³/mol. The Morgan fingerprint density at radius 3 is 2.75 bits per heavy atom. The van der Waals surface area contributed by atoms with Crippen molar-refractivity contribution in [3.05, 3.63) is 51.1 Å². The number of anilines is 1. The molecule has 106 valence electrons. The second kappa shape index (κ2) is 6.83. The van der Waals surface area contributed by atoms with Crippen LogP contribution in [0.5, 0.6) is 11.5 Å². The first-order chi connectivity index (χ1) is 9.60. The largest absolute Gasteiger partial charge is 0.504 e. The Morgan fingerprint density at radius 2 is 2.05 bits per heavy atom. The molecule has 0 saturated heterocycles. The van der Waals surface area contributed by atoms with E-state index in [1.165, 1.54) is 5.56 Å². The predicted octanol–water partition coefficient (Wildman–Crippen LogP) is 4.32. The molecule has 0 aliphatic carbocycles. The molecule has 0 aliphatic rings. The Morgan fingerprint density at radius 1 is 1.25 bits per heavy atom. The number of phenols is 1. The molecule has 0 bridgehead atoms. The zero-order valence-electron chi connectivity index (χ0n) is 11.6. The molecule has 2 N–H and O–H groups in total. The maximum atomic E-state index is 9.92. The molecule has 0 fully saturated rings. The first-order valence-electron chi connectivity index (χ1n) is 6.55.